The van der Waals surface area contributed by atoms with Crippen LogP contribution in [-0.2, 0) is 4.74 Å². The van der Waals surface area contributed by atoms with E-state index in [4.69, 9.17) is 4.74 Å². The SMILES string of the molecule is CCOC(C)(C)CNC1CCN(C2CC2)C1. The minimum Gasteiger partial charge on any atom is -0.375 e. The third-order valence-electron chi connectivity index (χ3n) is 3.63. The van der Waals surface area contributed by atoms with Crippen LogP contribution >= 0.6 is 0 Å². The van der Waals surface area contributed by atoms with Gasteiger partial charge in [-0.15, -0.1) is 0 Å². The number of hydrogen-bond acceptors (Lipinski definition) is 3. The van der Waals surface area contributed by atoms with Crippen molar-refractivity contribution >= 4 is 0 Å². The molecule has 3 nitrogen and oxygen atoms in total. The summed E-state index contributed by atoms with van der Waals surface area (Å²) in [6, 6.07) is 1.60. The van der Waals surface area contributed by atoms with E-state index in [1.54, 1.807) is 0 Å². The Morgan fingerprint density at radius 1 is 1.31 bits per heavy atom. The number of nitrogens with zero attached hydrogens (tertiary/aromatic N) is 1. The van der Waals surface area contributed by atoms with E-state index in [0.29, 0.717) is 6.04 Å². The van der Waals surface area contributed by atoms with Crippen molar-refractivity contribution in [3.8, 4) is 0 Å². The summed E-state index contributed by atoms with van der Waals surface area (Å²) < 4.78 is 5.70. The monoisotopic (exact) mass is 226 g/mol. The first-order valence-electron chi connectivity index (χ1n) is 6.72. The molecule has 2 aliphatic rings. The summed E-state index contributed by atoms with van der Waals surface area (Å²) >= 11 is 0. The molecule has 1 aliphatic carbocycles. The maximum absolute atomic E-state index is 5.70. The molecule has 3 heteroatoms. The zero-order valence-electron chi connectivity index (χ0n) is 11.0. The van der Waals surface area contributed by atoms with E-state index in [-0.39, 0.29) is 5.60 Å². The molecule has 1 N–H and O–H groups in total. The second kappa shape index (κ2) is 5.03. The normalized spacial score (nSPS) is 27.6. The van der Waals surface area contributed by atoms with Gasteiger partial charge in [-0.25, -0.2) is 0 Å². The van der Waals surface area contributed by atoms with Gasteiger partial charge >= 0.3 is 0 Å². The highest BCUT2D eigenvalue weighted by molar-refractivity contribution is 4.92. The van der Waals surface area contributed by atoms with Crippen LogP contribution in [-0.4, -0.2) is 48.8 Å². The second-order valence-corrected chi connectivity index (χ2v) is 5.79. The van der Waals surface area contributed by atoms with E-state index >= 15 is 0 Å². The Bertz CT molecular complexity index is 226. The van der Waals surface area contributed by atoms with Crippen LogP contribution in [0.25, 0.3) is 0 Å². The van der Waals surface area contributed by atoms with E-state index in [0.717, 1.165) is 19.2 Å². The zero-order valence-corrected chi connectivity index (χ0v) is 11.0. The summed E-state index contributed by atoms with van der Waals surface area (Å²) in [5.41, 5.74) is -0.0260. The first-order valence-corrected chi connectivity index (χ1v) is 6.72. The molecular weight excluding hydrogens is 200 g/mol. The fraction of sp³-hybridized carbons (Fsp3) is 1.00. The molecule has 0 aromatic heterocycles. The standard InChI is InChI=1S/C13H26N2O/c1-4-16-13(2,3)10-14-11-7-8-15(9-11)12-5-6-12/h11-12,14H,4-10H2,1-3H3. The number of nitrogens with one attached hydrogen (secondary N) is 1. The molecule has 16 heavy (non-hydrogen) atoms. The van der Waals surface area contributed by atoms with Crippen molar-refractivity contribution in [1.82, 2.24) is 10.2 Å². The lowest BCUT2D eigenvalue weighted by atomic mass is 10.1. The van der Waals surface area contributed by atoms with Gasteiger partial charge in [0.2, 0.25) is 0 Å². The maximum atomic E-state index is 5.70. The Labute approximate surface area is 99.5 Å². The minimum absolute atomic E-state index is 0.0260. The van der Waals surface area contributed by atoms with Crippen LogP contribution in [0.1, 0.15) is 40.0 Å². The molecule has 0 aromatic rings. The largest absolute Gasteiger partial charge is 0.375 e. The van der Waals surface area contributed by atoms with Gasteiger partial charge < -0.3 is 10.1 Å². The summed E-state index contributed by atoms with van der Waals surface area (Å²) in [6.07, 6.45) is 4.16. The molecule has 0 bridgehead atoms. The first-order chi connectivity index (χ1) is 7.61. The fourth-order valence-corrected chi connectivity index (χ4v) is 2.56. The van der Waals surface area contributed by atoms with Crippen molar-refractivity contribution < 1.29 is 4.74 Å². The summed E-state index contributed by atoms with van der Waals surface area (Å²) in [4.78, 5) is 2.64. The van der Waals surface area contributed by atoms with E-state index in [9.17, 15) is 0 Å². The van der Waals surface area contributed by atoms with E-state index in [2.05, 4.69) is 31.0 Å². The summed E-state index contributed by atoms with van der Waals surface area (Å²) in [6.45, 7) is 10.7. The molecule has 1 saturated carbocycles. The van der Waals surface area contributed by atoms with E-state index in [1.165, 1.54) is 32.4 Å². The van der Waals surface area contributed by atoms with Crippen molar-refractivity contribution in [3.63, 3.8) is 0 Å². The fourth-order valence-electron chi connectivity index (χ4n) is 2.56. The molecule has 2 rings (SSSR count). The minimum atomic E-state index is -0.0260. The molecule has 1 unspecified atom stereocenters. The van der Waals surface area contributed by atoms with Gasteiger partial charge in [-0.2, -0.15) is 0 Å². The van der Waals surface area contributed by atoms with E-state index in [1.807, 2.05) is 0 Å². The average Bonchev–Trinajstić information content (AvgIpc) is 2.95. The van der Waals surface area contributed by atoms with Crippen molar-refractivity contribution in [3.05, 3.63) is 0 Å². The highest BCUT2D eigenvalue weighted by Gasteiger charge is 2.34. The molecule has 94 valence electrons. The molecular formula is C13H26N2O. The quantitative estimate of drug-likeness (QED) is 0.745. The Balaban J connectivity index is 1.66. The van der Waals surface area contributed by atoms with Gasteiger partial charge in [0.15, 0.2) is 0 Å². The topological polar surface area (TPSA) is 24.5 Å². The number of rotatable bonds is 6. The van der Waals surface area contributed by atoms with Crippen LogP contribution < -0.4 is 5.32 Å². The molecule has 1 saturated heterocycles. The van der Waals surface area contributed by atoms with Crippen LogP contribution in [0.3, 0.4) is 0 Å². The molecule has 0 aromatic carbocycles. The van der Waals surface area contributed by atoms with Gasteiger partial charge in [-0.05, 0) is 40.0 Å². The second-order valence-electron chi connectivity index (χ2n) is 5.79. The highest BCUT2D eigenvalue weighted by atomic mass is 16.5. The number of likely N-dealkylation sites (tertiary alicyclic amines) is 1. The maximum Gasteiger partial charge on any atom is 0.0750 e. The first kappa shape index (κ1) is 12.3. The molecule has 0 amide bonds. The third kappa shape index (κ3) is 3.44. The lowest BCUT2D eigenvalue weighted by Crippen LogP contribution is -2.43. The summed E-state index contributed by atoms with van der Waals surface area (Å²) in [7, 11) is 0. The van der Waals surface area contributed by atoms with Crippen LogP contribution in [0.15, 0.2) is 0 Å². The Morgan fingerprint density at radius 3 is 2.69 bits per heavy atom. The number of ether oxygens (including phenoxy) is 1. The molecule has 0 spiro atoms. The molecule has 1 heterocycles. The van der Waals surface area contributed by atoms with Gasteiger partial charge in [-0.1, -0.05) is 0 Å². The van der Waals surface area contributed by atoms with Crippen molar-refractivity contribution in [2.75, 3.05) is 26.2 Å². The third-order valence-corrected chi connectivity index (χ3v) is 3.63. The lowest BCUT2D eigenvalue weighted by Gasteiger charge is -2.27. The molecule has 1 aliphatic heterocycles. The Kier molecular flexibility index (Phi) is 3.88. The predicted molar refractivity (Wildman–Crippen MR) is 66.7 cm³/mol. The van der Waals surface area contributed by atoms with Crippen LogP contribution in [0.2, 0.25) is 0 Å². The van der Waals surface area contributed by atoms with Crippen LogP contribution in [0, 0.1) is 0 Å². The van der Waals surface area contributed by atoms with Gasteiger partial charge in [-0.3, -0.25) is 4.90 Å². The van der Waals surface area contributed by atoms with Gasteiger partial charge in [0.1, 0.15) is 0 Å². The van der Waals surface area contributed by atoms with Crippen molar-refractivity contribution in [1.29, 1.82) is 0 Å². The molecule has 0 radical (unpaired) electrons. The highest BCUT2D eigenvalue weighted by Crippen LogP contribution is 2.29. The van der Waals surface area contributed by atoms with Crippen molar-refractivity contribution in [2.45, 2.75) is 57.7 Å². The smallest absolute Gasteiger partial charge is 0.0750 e. The van der Waals surface area contributed by atoms with E-state index < -0.39 is 0 Å². The lowest BCUT2D eigenvalue weighted by molar-refractivity contribution is -0.0104. The van der Waals surface area contributed by atoms with Gasteiger partial charge in [0, 0.05) is 38.3 Å². The predicted octanol–water partition coefficient (Wildman–Crippen LogP) is 1.63. The Morgan fingerprint density at radius 2 is 2.06 bits per heavy atom. The molecule has 1 atom stereocenters. The van der Waals surface area contributed by atoms with Crippen LogP contribution in [0.5, 0.6) is 0 Å². The molecule has 2 fully saturated rings. The average molecular weight is 226 g/mol. The summed E-state index contributed by atoms with van der Waals surface area (Å²) in [5, 5.41) is 3.65. The number of hydrogen-bond donors (Lipinski definition) is 1. The van der Waals surface area contributed by atoms with Crippen molar-refractivity contribution in [2.24, 2.45) is 0 Å². The Hall–Kier alpha value is -0.120. The summed E-state index contributed by atoms with van der Waals surface area (Å²) in [5.74, 6) is 0. The zero-order chi connectivity index (χ0) is 11.6. The van der Waals surface area contributed by atoms with Gasteiger partial charge in [0.25, 0.3) is 0 Å². The van der Waals surface area contributed by atoms with Gasteiger partial charge in [0.05, 0.1) is 5.60 Å². The van der Waals surface area contributed by atoms with Crippen LogP contribution in [0.4, 0.5) is 0 Å².